The summed E-state index contributed by atoms with van der Waals surface area (Å²) < 4.78 is 39.1. The molecule has 0 aliphatic carbocycles. The number of urea groups is 1. The summed E-state index contributed by atoms with van der Waals surface area (Å²) in [5, 5.41) is 11.6. The Labute approximate surface area is 107 Å². The molecule has 1 aromatic rings. The number of β-amino-alcohol motifs (C(OH)–C–C–N with tert-alkyl or cyclic N) is 1. The first-order valence-corrected chi connectivity index (χ1v) is 5.86. The molecule has 2 amide bonds. The highest BCUT2D eigenvalue weighted by molar-refractivity contribution is 5.89. The molecule has 19 heavy (non-hydrogen) atoms. The summed E-state index contributed by atoms with van der Waals surface area (Å²) in [6.45, 7) is 0.561. The molecule has 2 rings (SSSR count). The fourth-order valence-electron chi connectivity index (χ4n) is 1.96. The van der Waals surface area contributed by atoms with Gasteiger partial charge < -0.3 is 15.3 Å². The molecule has 4 nitrogen and oxygen atoms in total. The van der Waals surface area contributed by atoms with Crippen molar-refractivity contribution in [3.63, 3.8) is 0 Å². The Bertz CT molecular complexity index is 496. The number of piperidine rings is 1. The van der Waals surface area contributed by atoms with Gasteiger partial charge in [-0.3, -0.25) is 0 Å². The van der Waals surface area contributed by atoms with Crippen LogP contribution in [0.1, 0.15) is 12.8 Å². The second-order valence-electron chi connectivity index (χ2n) is 4.40. The molecule has 2 N–H and O–H groups in total. The third kappa shape index (κ3) is 2.98. The third-order valence-corrected chi connectivity index (χ3v) is 2.96. The lowest BCUT2D eigenvalue weighted by atomic mass is 10.1. The topological polar surface area (TPSA) is 52.6 Å². The minimum atomic E-state index is -1.63. The lowest BCUT2D eigenvalue weighted by Crippen LogP contribution is -2.44. The quantitative estimate of drug-likeness (QED) is 0.770. The number of hydrogen-bond donors (Lipinski definition) is 2. The van der Waals surface area contributed by atoms with Crippen molar-refractivity contribution < 1.29 is 23.1 Å². The standard InChI is InChI=1S/C12H13F3N2O2/c13-8-3-4-9(11(15)10(8)14)16-12(19)17-5-1-2-7(18)6-17/h3-4,7,18H,1-2,5-6H2,(H,16,19). The molecule has 1 saturated heterocycles. The van der Waals surface area contributed by atoms with Crippen LogP contribution < -0.4 is 5.32 Å². The fourth-order valence-corrected chi connectivity index (χ4v) is 1.96. The van der Waals surface area contributed by atoms with E-state index in [1.807, 2.05) is 0 Å². The molecule has 0 aromatic heterocycles. The maximum atomic E-state index is 13.4. The zero-order valence-corrected chi connectivity index (χ0v) is 10.00. The Morgan fingerprint density at radius 3 is 2.74 bits per heavy atom. The van der Waals surface area contributed by atoms with Gasteiger partial charge in [-0.15, -0.1) is 0 Å². The zero-order chi connectivity index (χ0) is 14.0. The molecule has 7 heteroatoms. The molecule has 1 fully saturated rings. The second-order valence-corrected chi connectivity index (χ2v) is 4.40. The van der Waals surface area contributed by atoms with Gasteiger partial charge in [0.2, 0.25) is 0 Å². The molecule has 0 bridgehead atoms. The Kier molecular flexibility index (Phi) is 3.94. The molecule has 0 spiro atoms. The number of likely N-dealkylation sites (tertiary alicyclic amines) is 1. The number of amides is 2. The van der Waals surface area contributed by atoms with Crippen LogP contribution in [-0.2, 0) is 0 Å². The van der Waals surface area contributed by atoms with Crippen molar-refractivity contribution in [2.24, 2.45) is 0 Å². The lowest BCUT2D eigenvalue weighted by molar-refractivity contribution is 0.0883. The van der Waals surface area contributed by atoms with Gasteiger partial charge in [0.15, 0.2) is 17.5 Å². The third-order valence-electron chi connectivity index (χ3n) is 2.96. The first-order valence-electron chi connectivity index (χ1n) is 5.86. The van der Waals surface area contributed by atoms with Crippen molar-refractivity contribution >= 4 is 11.7 Å². The average molecular weight is 274 g/mol. The van der Waals surface area contributed by atoms with E-state index in [9.17, 15) is 23.1 Å². The monoisotopic (exact) mass is 274 g/mol. The van der Waals surface area contributed by atoms with E-state index >= 15 is 0 Å². The van der Waals surface area contributed by atoms with Crippen LogP contribution in [-0.4, -0.2) is 35.2 Å². The molecular formula is C12H13F3N2O2. The molecular weight excluding hydrogens is 261 g/mol. The molecule has 0 radical (unpaired) electrons. The number of benzene rings is 1. The molecule has 1 atom stereocenters. The molecule has 1 heterocycles. The van der Waals surface area contributed by atoms with Crippen LogP contribution in [0, 0.1) is 17.5 Å². The SMILES string of the molecule is O=C(Nc1ccc(F)c(F)c1F)N1CCCC(O)C1. The van der Waals surface area contributed by atoms with Crippen LogP contribution in [0.3, 0.4) is 0 Å². The Morgan fingerprint density at radius 1 is 1.32 bits per heavy atom. The van der Waals surface area contributed by atoms with Crippen molar-refractivity contribution in [2.75, 3.05) is 18.4 Å². The number of nitrogens with one attached hydrogen (secondary N) is 1. The number of nitrogens with zero attached hydrogens (tertiary/aromatic N) is 1. The van der Waals surface area contributed by atoms with Gasteiger partial charge in [-0.1, -0.05) is 0 Å². The van der Waals surface area contributed by atoms with Gasteiger partial charge in [0.05, 0.1) is 11.8 Å². The van der Waals surface area contributed by atoms with Gasteiger partial charge in [-0.2, -0.15) is 0 Å². The van der Waals surface area contributed by atoms with Gasteiger partial charge in [-0.25, -0.2) is 18.0 Å². The van der Waals surface area contributed by atoms with Crippen molar-refractivity contribution in [1.29, 1.82) is 0 Å². The molecule has 0 saturated carbocycles. The summed E-state index contributed by atoms with van der Waals surface area (Å²) in [6.07, 6.45) is 0.618. The van der Waals surface area contributed by atoms with E-state index in [0.717, 1.165) is 12.1 Å². The molecule has 1 aliphatic heterocycles. The predicted molar refractivity (Wildman–Crippen MR) is 62.1 cm³/mol. The van der Waals surface area contributed by atoms with E-state index in [1.165, 1.54) is 4.90 Å². The number of carbonyl (C=O) groups excluding carboxylic acids is 1. The highest BCUT2D eigenvalue weighted by Gasteiger charge is 2.23. The number of aliphatic hydroxyl groups excluding tert-OH is 1. The average Bonchev–Trinajstić information content (AvgIpc) is 2.39. The van der Waals surface area contributed by atoms with Gasteiger partial charge in [0.1, 0.15) is 0 Å². The van der Waals surface area contributed by atoms with Gasteiger partial charge in [0, 0.05) is 13.1 Å². The Balaban J connectivity index is 2.08. The minimum absolute atomic E-state index is 0.136. The van der Waals surface area contributed by atoms with Crippen LogP contribution in [0.5, 0.6) is 0 Å². The van der Waals surface area contributed by atoms with E-state index in [2.05, 4.69) is 5.32 Å². The van der Waals surface area contributed by atoms with Crippen molar-refractivity contribution in [2.45, 2.75) is 18.9 Å². The summed E-state index contributed by atoms with van der Waals surface area (Å²) in [5.74, 6) is -4.38. The van der Waals surface area contributed by atoms with Gasteiger partial charge in [-0.05, 0) is 25.0 Å². The summed E-state index contributed by atoms with van der Waals surface area (Å²) in [6, 6.07) is 1.04. The highest BCUT2D eigenvalue weighted by atomic mass is 19.2. The van der Waals surface area contributed by atoms with Crippen LogP contribution in [0.15, 0.2) is 12.1 Å². The number of halogens is 3. The number of hydrogen-bond acceptors (Lipinski definition) is 2. The predicted octanol–water partition coefficient (Wildman–Crippen LogP) is 2.09. The van der Waals surface area contributed by atoms with E-state index < -0.39 is 35.3 Å². The maximum absolute atomic E-state index is 13.4. The highest BCUT2D eigenvalue weighted by Crippen LogP contribution is 2.20. The number of carbonyl (C=O) groups is 1. The number of anilines is 1. The maximum Gasteiger partial charge on any atom is 0.322 e. The van der Waals surface area contributed by atoms with Gasteiger partial charge in [0.25, 0.3) is 0 Å². The van der Waals surface area contributed by atoms with Crippen LogP contribution in [0.25, 0.3) is 0 Å². The molecule has 1 aliphatic rings. The van der Waals surface area contributed by atoms with Crippen LogP contribution >= 0.6 is 0 Å². The van der Waals surface area contributed by atoms with E-state index in [1.54, 1.807) is 0 Å². The van der Waals surface area contributed by atoms with Crippen LogP contribution in [0.4, 0.5) is 23.7 Å². The first-order chi connectivity index (χ1) is 8.99. The summed E-state index contributed by atoms with van der Waals surface area (Å²) in [4.78, 5) is 13.1. The van der Waals surface area contributed by atoms with E-state index in [4.69, 9.17) is 0 Å². The van der Waals surface area contributed by atoms with Gasteiger partial charge >= 0.3 is 6.03 Å². The molecule has 1 unspecified atom stereocenters. The summed E-state index contributed by atoms with van der Waals surface area (Å²) >= 11 is 0. The van der Waals surface area contributed by atoms with E-state index in [0.29, 0.717) is 19.4 Å². The number of rotatable bonds is 1. The Morgan fingerprint density at radius 2 is 2.05 bits per heavy atom. The van der Waals surface area contributed by atoms with Crippen molar-refractivity contribution in [3.8, 4) is 0 Å². The van der Waals surface area contributed by atoms with Crippen molar-refractivity contribution in [3.05, 3.63) is 29.6 Å². The van der Waals surface area contributed by atoms with Crippen LogP contribution in [0.2, 0.25) is 0 Å². The minimum Gasteiger partial charge on any atom is -0.391 e. The summed E-state index contributed by atoms with van der Waals surface area (Å²) in [5.41, 5.74) is -0.427. The smallest absolute Gasteiger partial charge is 0.322 e. The fraction of sp³-hybridized carbons (Fsp3) is 0.417. The summed E-state index contributed by atoms with van der Waals surface area (Å²) in [7, 11) is 0. The largest absolute Gasteiger partial charge is 0.391 e. The molecule has 1 aromatic carbocycles. The normalized spacial score (nSPS) is 19.4. The lowest BCUT2D eigenvalue weighted by Gasteiger charge is -2.30. The Hall–Kier alpha value is -1.76. The number of aliphatic hydroxyl groups is 1. The second kappa shape index (κ2) is 5.48. The van der Waals surface area contributed by atoms with Crippen molar-refractivity contribution in [1.82, 2.24) is 4.90 Å². The molecule has 104 valence electrons. The van der Waals surface area contributed by atoms with E-state index in [-0.39, 0.29) is 6.54 Å². The zero-order valence-electron chi connectivity index (χ0n) is 10.00. The first kappa shape index (κ1) is 13.7.